The van der Waals surface area contributed by atoms with E-state index in [1.807, 2.05) is 20.8 Å². The van der Waals surface area contributed by atoms with E-state index in [0.717, 1.165) is 0 Å². The second-order valence-electron chi connectivity index (χ2n) is 5.13. The maximum Gasteiger partial charge on any atom is 0.213 e. The minimum atomic E-state index is -0.287. The van der Waals surface area contributed by atoms with E-state index in [0.29, 0.717) is 27.0 Å². The first-order valence-corrected chi connectivity index (χ1v) is 6.05. The Morgan fingerprint density at radius 2 is 1.94 bits per heavy atom. The van der Waals surface area contributed by atoms with Crippen molar-refractivity contribution in [2.75, 3.05) is 0 Å². The lowest BCUT2D eigenvalue weighted by Gasteiger charge is -2.23. The number of benzene rings is 1. The standard InChI is InChI=1S/C12H14Cl2N2O/c1-12(2,3)10(15)11-16-8-5-6(13)4-7(14)9(8)17-11/h4-5,10H,15H2,1-3H3. The van der Waals surface area contributed by atoms with Gasteiger partial charge >= 0.3 is 0 Å². The van der Waals surface area contributed by atoms with Crippen LogP contribution in [-0.2, 0) is 0 Å². The number of oxazole rings is 1. The van der Waals surface area contributed by atoms with Crippen LogP contribution in [0, 0.1) is 5.41 Å². The van der Waals surface area contributed by atoms with Crippen molar-refractivity contribution in [3.05, 3.63) is 28.1 Å². The van der Waals surface area contributed by atoms with Crippen molar-refractivity contribution in [1.82, 2.24) is 4.98 Å². The second kappa shape index (κ2) is 4.16. The molecule has 5 heteroatoms. The van der Waals surface area contributed by atoms with E-state index < -0.39 is 0 Å². The predicted molar refractivity (Wildman–Crippen MR) is 70.4 cm³/mol. The van der Waals surface area contributed by atoms with Gasteiger partial charge in [-0.15, -0.1) is 0 Å². The third kappa shape index (κ3) is 2.41. The number of nitrogens with zero attached hydrogens (tertiary/aromatic N) is 1. The molecule has 1 aromatic heterocycles. The molecule has 0 aliphatic rings. The smallest absolute Gasteiger partial charge is 0.213 e. The molecule has 1 atom stereocenters. The molecule has 0 spiro atoms. The Balaban J connectivity index is 2.56. The highest BCUT2D eigenvalue weighted by molar-refractivity contribution is 6.37. The third-order valence-electron chi connectivity index (χ3n) is 2.63. The zero-order valence-corrected chi connectivity index (χ0v) is 11.4. The number of nitrogens with two attached hydrogens (primary N) is 1. The first-order valence-electron chi connectivity index (χ1n) is 5.30. The fourth-order valence-electron chi connectivity index (χ4n) is 1.48. The largest absolute Gasteiger partial charge is 0.437 e. The molecule has 0 aliphatic heterocycles. The highest BCUT2D eigenvalue weighted by atomic mass is 35.5. The summed E-state index contributed by atoms with van der Waals surface area (Å²) in [5, 5.41) is 0.985. The molecule has 2 aromatic rings. The molecule has 92 valence electrons. The van der Waals surface area contributed by atoms with Crippen LogP contribution in [0.2, 0.25) is 10.0 Å². The maximum absolute atomic E-state index is 6.09. The molecule has 1 unspecified atom stereocenters. The Hall–Kier alpha value is -0.770. The van der Waals surface area contributed by atoms with Gasteiger partial charge in [-0.3, -0.25) is 0 Å². The molecule has 0 saturated heterocycles. The van der Waals surface area contributed by atoms with Crippen molar-refractivity contribution in [3.8, 4) is 0 Å². The Bertz CT molecular complexity index is 557. The Labute approximate surface area is 110 Å². The van der Waals surface area contributed by atoms with Gasteiger partial charge in [0.05, 0.1) is 11.1 Å². The van der Waals surface area contributed by atoms with Gasteiger partial charge in [0.1, 0.15) is 5.52 Å². The molecule has 0 amide bonds. The van der Waals surface area contributed by atoms with Crippen LogP contribution >= 0.6 is 23.2 Å². The van der Waals surface area contributed by atoms with Gasteiger partial charge in [0.2, 0.25) is 5.89 Å². The lowest BCUT2D eigenvalue weighted by atomic mass is 9.87. The summed E-state index contributed by atoms with van der Waals surface area (Å²) in [6.45, 7) is 6.09. The van der Waals surface area contributed by atoms with Crippen LogP contribution in [0.25, 0.3) is 11.1 Å². The Kier molecular flexibility index (Phi) is 3.10. The fourth-order valence-corrected chi connectivity index (χ4v) is 2.00. The molecule has 17 heavy (non-hydrogen) atoms. The maximum atomic E-state index is 6.09. The molecule has 0 aliphatic carbocycles. The van der Waals surface area contributed by atoms with Crippen molar-refractivity contribution in [2.24, 2.45) is 11.1 Å². The summed E-state index contributed by atoms with van der Waals surface area (Å²) in [4.78, 5) is 4.34. The molecule has 2 N–H and O–H groups in total. The number of rotatable bonds is 1. The Morgan fingerprint density at radius 3 is 2.53 bits per heavy atom. The number of halogens is 2. The van der Waals surface area contributed by atoms with Gasteiger partial charge in [-0.05, 0) is 17.5 Å². The van der Waals surface area contributed by atoms with Crippen molar-refractivity contribution in [3.63, 3.8) is 0 Å². The van der Waals surface area contributed by atoms with Gasteiger partial charge in [-0.25, -0.2) is 4.98 Å². The van der Waals surface area contributed by atoms with E-state index >= 15 is 0 Å². The second-order valence-corrected chi connectivity index (χ2v) is 5.98. The quantitative estimate of drug-likeness (QED) is 0.847. The average molecular weight is 273 g/mol. The molecular formula is C12H14Cl2N2O. The SMILES string of the molecule is CC(C)(C)C(N)c1nc2cc(Cl)cc(Cl)c2o1. The predicted octanol–water partition coefficient (Wildman–Crippen LogP) is 4.18. The van der Waals surface area contributed by atoms with Crippen LogP contribution < -0.4 is 5.73 Å². The zero-order chi connectivity index (χ0) is 12.8. The van der Waals surface area contributed by atoms with Crippen molar-refractivity contribution in [2.45, 2.75) is 26.8 Å². The number of hydrogen-bond acceptors (Lipinski definition) is 3. The molecule has 0 fully saturated rings. The first kappa shape index (κ1) is 12.7. The highest BCUT2D eigenvalue weighted by Gasteiger charge is 2.27. The summed E-state index contributed by atoms with van der Waals surface area (Å²) in [6.07, 6.45) is 0. The molecule has 3 nitrogen and oxygen atoms in total. The van der Waals surface area contributed by atoms with Crippen molar-refractivity contribution in [1.29, 1.82) is 0 Å². The molecule has 1 heterocycles. The summed E-state index contributed by atoms with van der Waals surface area (Å²) in [5.74, 6) is 0.483. The van der Waals surface area contributed by atoms with Crippen molar-refractivity contribution >= 4 is 34.3 Å². The van der Waals surface area contributed by atoms with Gasteiger partial charge in [0.15, 0.2) is 5.58 Å². The van der Waals surface area contributed by atoms with Crippen LogP contribution in [0.5, 0.6) is 0 Å². The highest BCUT2D eigenvalue weighted by Crippen LogP contribution is 2.34. The number of aromatic nitrogens is 1. The van der Waals surface area contributed by atoms with Gasteiger partial charge in [-0.2, -0.15) is 0 Å². The normalized spacial score (nSPS) is 14.2. The zero-order valence-electron chi connectivity index (χ0n) is 9.92. The minimum absolute atomic E-state index is 0.128. The van der Waals surface area contributed by atoms with Gasteiger partial charge in [-0.1, -0.05) is 44.0 Å². The molecule has 1 aromatic carbocycles. The molecule has 0 radical (unpaired) electrons. The van der Waals surface area contributed by atoms with E-state index in [-0.39, 0.29) is 11.5 Å². The van der Waals surface area contributed by atoms with Gasteiger partial charge in [0, 0.05) is 5.02 Å². The summed E-state index contributed by atoms with van der Waals surface area (Å²) in [5.41, 5.74) is 7.13. The third-order valence-corrected chi connectivity index (χ3v) is 3.12. The van der Waals surface area contributed by atoms with E-state index in [4.69, 9.17) is 33.4 Å². The van der Waals surface area contributed by atoms with Crippen LogP contribution in [-0.4, -0.2) is 4.98 Å². The monoisotopic (exact) mass is 272 g/mol. The summed E-state index contributed by atoms with van der Waals surface area (Å²) in [7, 11) is 0. The van der Waals surface area contributed by atoms with E-state index in [1.54, 1.807) is 12.1 Å². The van der Waals surface area contributed by atoms with E-state index in [1.165, 1.54) is 0 Å². The van der Waals surface area contributed by atoms with Gasteiger partial charge < -0.3 is 10.2 Å². The lowest BCUT2D eigenvalue weighted by molar-refractivity contribution is 0.282. The first-order chi connectivity index (χ1) is 7.79. The van der Waals surface area contributed by atoms with Gasteiger partial charge in [0.25, 0.3) is 0 Å². The molecule has 0 saturated carbocycles. The van der Waals surface area contributed by atoms with Crippen LogP contribution in [0.3, 0.4) is 0 Å². The molecule has 0 bridgehead atoms. The Morgan fingerprint density at radius 1 is 1.29 bits per heavy atom. The van der Waals surface area contributed by atoms with Crippen LogP contribution in [0.4, 0.5) is 0 Å². The summed E-state index contributed by atoms with van der Waals surface area (Å²) in [6, 6.07) is 3.05. The number of hydrogen-bond donors (Lipinski definition) is 1. The van der Waals surface area contributed by atoms with E-state index in [9.17, 15) is 0 Å². The lowest BCUT2D eigenvalue weighted by Crippen LogP contribution is -2.26. The summed E-state index contributed by atoms with van der Waals surface area (Å²) >= 11 is 11.9. The van der Waals surface area contributed by atoms with Crippen molar-refractivity contribution < 1.29 is 4.42 Å². The topological polar surface area (TPSA) is 52.0 Å². The van der Waals surface area contributed by atoms with Crippen LogP contribution in [0.1, 0.15) is 32.7 Å². The molecular weight excluding hydrogens is 259 g/mol. The van der Waals surface area contributed by atoms with Crippen LogP contribution in [0.15, 0.2) is 16.5 Å². The van der Waals surface area contributed by atoms with E-state index in [2.05, 4.69) is 4.98 Å². The molecule has 2 rings (SSSR count). The number of fused-ring (bicyclic) bond motifs is 1. The average Bonchev–Trinajstić information content (AvgIpc) is 2.58. The minimum Gasteiger partial charge on any atom is -0.437 e. The summed E-state index contributed by atoms with van der Waals surface area (Å²) < 4.78 is 5.62. The fraction of sp³-hybridized carbons (Fsp3) is 0.417.